The van der Waals surface area contributed by atoms with E-state index in [1.165, 1.54) is 45.5 Å². The van der Waals surface area contributed by atoms with Gasteiger partial charge in [0.2, 0.25) is 11.8 Å². The predicted molar refractivity (Wildman–Crippen MR) is 213 cm³/mol. The van der Waals surface area contributed by atoms with Crippen molar-refractivity contribution in [2.45, 2.75) is 62.8 Å². The highest BCUT2D eigenvalue weighted by Gasteiger charge is 2.36. The van der Waals surface area contributed by atoms with Crippen LogP contribution in [0, 0.1) is 0 Å². The van der Waals surface area contributed by atoms with E-state index in [1.807, 2.05) is 24.3 Å². The molecule has 0 aliphatic carbocycles. The van der Waals surface area contributed by atoms with Crippen LogP contribution in [0.4, 0.5) is 0 Å². The van der Waals surface area contributed by atoms with Gasteiger partial charge in [0.15, 0.2) is 0 Å². The minimum absolute atomic E-state index is 0.159. The lowest BCUT2D eigenvalue weighted by atomic mass is 9.90. The summed E-state index contributed by atoms with van der Waals surface area (Å²) in [5.41, 5.74) is 2.33. The highest BCUT2D eigenvalue weighted by atomic mass is 16.5. The van der Waals surface area contributed by atoms with Gasteiger partial charge in [0, 0.05) is 24.2 Å². The molecule has 6 heteroatoms. The molecule has 2 aliphatic rings. The highest BCUT2D eigenvalue weighted by molar-refractivity contribution is 5.91. The monoisotopic (exact) mass is 688 g/mol. The molecule has 0 amide bonds. The van der Waals surface area contributed by atoms with Crippen LogP contribution in [0.2, 0.25) is 0 Å². The van der Waals surface area contributed by atoms with E-state index in [1.54, 1.807) is 0 Å². The lowest BCUT2D eigenvalue weighted by Crippen LogP contribution is -2.45. The van der Waals surface area contributed by atoms with E-state index in [9.17, 15) is 0 Å². The summed E-state index contributed by atoms with van der Waals surface area (Å²) < 4.78 is 14.4. The molecule has 0 N–H and O–H groups in total. The van der Waals surface area contributed by atoms with Gasteiger partial charge in [0.05, 0.1) is 22.9 Å². The normalized spacial score (nSPS) is 19.7. The smallest absolute Gasteiger partial charge is 0.242 e. The second kappa shape index (κ2) is 15.7. The molecule has 2 fully saturated rings. The van der Waals surface area contributed by atoms with Crippen LogP contribution in [-0.4, -0.2) is 58.3 Å². The zero-order valence-electron chi connectivity index (χ0n) is 29.9. The predicted octanol–water partition coefficient (Wildman–Crippen LogP) is 10.3. The number of hydrogen-bond acceptors (Lipinski definition) is 6. The summed E-state index contributed by atoms with van der Waals surface area (Å²) in [5, 5.41) is 16.3. The van der Waals surface area contributed by atoms with Gasteiger partial charge in [0.25, 0.3) is 0 Å². The lowest BCUT2D eigenvalue weighted by molar-refractivity contribution is 0.0423. The summed E-state index contributed by atoms with van der Waals surface area (Å²) in [7, 11) is 0. The van der Waals surface area contributed by atoms with Crippen LogP contribution >= 0.6 is 0 Å². The van der Waals surface area contributed by atoms with E-state index in [0.29, 0.717) is 11.8 Å². The Bertz CT molecular complexity index is 2020. The molecule has 5 aromatic carbocycles. The molecule has 8 rings (SSSR count). The summed E-state index contributed by atoms with van der Waals surface area (Å²) in [6, 6.07) is 38.8. The Morgan fingerprint density at radius 3 is 1.38 bits per heavy atom. The van der Waals surface area contributed by atoms with Crippen molar-refractivity contribution in [1.82, 2.24) is 20.0 Å². The maximum absolute atomic E-state index is 7.18. The maximum atomic E-state index is 7.18. The van der Waals surface area contributed by atoms with Gasteiger partial charge in [-0.25, -0.2) is 0 Å². The quantitative estimate of drug-likeness (QED) is 0.119. The van der Waals surface area contributed by atoms with Gasteiger partial charge in [-0.05, 0) is 72.5 Å². The molecule has 52 heavy (non-hydrogen) atoms. The Morgan fingerprint density at radius 2 is 0.942 bits per heavy atom. The number of ether oxygens (including phenoxy) is 2. The van der Waals surface area contributed by atoms with Crippen molar-refractivity contribution in [3.63, 3.8) is 0 Å². The second-order valence-corrected chi connectivity index (χ2v) is 14.3. The third kappa shape index (κ3) is 6.81. The van der Waals surface area contributed by atoms with Crippen molar-refractivity contribution in [3.8, 4) is 11.8 Å². The van der Waals surface area contributed by atoms with E-state index < -0.39 is 0 Å². The molecule has 4 atom stereocenters. The first-order valence-electron chi connectivity index (χ1n) is 19.0. The van der Waals surface area contributed by atoms with Gasteiger partial charge >= 0.3 is 0 Å². The van der Waals surface area contributed by atoms with Crippen molar-refractivity contribution in [2.75, 3.05) is 26.2 Å². The Balaban J connectivity index is 1.22. The van der Waals surface area contributed by atoms with Gasteiger partial charge in [-0.1, -0.05) is 122 Å². The molecule has 0 radical (unpaired) electrons. The Labute approximate surface area is 307 Å². The molecule has 6 nitrogen and oxygen atoms in total. The van der Waals surface area contributed by atoms with Crippen LogP contribution in [0.25, 0.3) is 32.3 Å². The fraction of sp³-hybridized carbons (Fsp3) is 0.304. The van der Waals surface area contributed by atoms with Gasteiger partial charge in [-0.3, -0.25) is 9.80 Å². The fourth-order valence-corrected chi connectivity index (χ4v) is 8.67. The van der Waals surface area contributed by atoms with Gasteiger partial charge < -0.3 is 9.47 Å². The van der Waals surface area contributed by atoms with Crippen LogP contribution < -0.4 is 9.47 Å². The molecule has 6 aromatic rings. The van der Waals surface area contributed by atoms with Crippen LogP contribution in [0.3, 0.4) is 0 Å². The molecule has 0 unspecified atom stereocenters. The number of hydrogen-bond donors (Lipinski definition) is 0. The first-order valence-corrected chi connectivity index (χ1v) is 19.0. The van der Waals surface area contributed by atoms with Crippen molar-refractivity contribution >= 4 is 32.3 Å². The molecule has 0 bridgehead atoms. The zero-order chi connectivity index (χ0) is 35.3. The third-order valence-electron chi connectivity index (χ3n) is 11.1. The molecule has 0 spiro atoms. The summed E-state index contributed by atoms with van der Waals surface area (Å²) in [5.74, 6) is 1.05. The number of benzene rings is 5. The van der Waals surface area contributed by atoms with E-state index >= 15 is 0 Å². The van der Waals surface area contributed by atoms with E-state index in [0.717, 1.165) is 62.6 Å². The summed E-state index contributed by atoms with van der Waals surface area (Å²) in [6.45, 7) is 11.8. The molecule has 2 aliphatic heterocycles. The summed E-state index contributed by atoms with van der Waals surface area (Å²) in [6.07, 6.45) is 10.2. The standard InChI is InChI=1S/C46H48N4O2/c1-3-29-49-31-13-11-27-41(49)43(37-25-15-19-33-17-5-7-21-35(33)37)51-45-39-23-9-10-24-40(39)46(48-47-45)52-44(42-28-12-14-32-50(42)30-4-2)38-26-16-20-34-18-6-8-22-36(34)38/h3-10,15-26,41-44H,1-2,11-14,27-32H2/t41-,42-,43+,44+/m1/s1. The fourth-order valence-electron chi connectivity index (χ4n) is 8.67. The van der Waals surface area contributed by atoms with Crippen LogP contribution in [0.1, 0.15) is 61.9 Å². The first-order chi connectivity index (χ1) is 25.7. The van der Waals surface area contributed by atoms with Crippen molar-refractivity contribution in [1.29, 1.82) is 0 Å². The summed E-state index contributed by atoms with van der Waals surface area (Å²) >= 11 is 0. The molecule has 264 valence electrons. The number of piperidine rings is 2. The molecule has 3 heterocycles. The molecule has 1 aromatic heterocycles. The Morgan fingerprint density at radius 1 is 0.538 bits per heavy atom. The van der Waals surface area contributed by atoms with Crippen LogP contribution in [-0.2, 0) is 0 Å². The number of fused-ring (bicyclic) bond motifs is 3. The van der Waals surface area contributed by atoms with Gasteiger partial charge in [0.1, 0.15) is 12.2 Å². The van der Waals surface area contributed by atoms with Gasteiger partial charge in [-0.2, -0.15) is 0 Å². The zero-order valence-corrected chi connectivity index (χ0v) is 29.9. The van der Waals surface area contributed by atoms with E-state index in [-0.39, 0.29) is 24.3 Å². The van der Waals surface area contributed by atoms with Gasteiger partial charge in [-0.15, -0.1) is 23.4 Å². The Hall–Kier alpha value is -5.04. The minimum Gasteiger partial charge on any atom is -0.466 e. The molecular formula is C46H48N4O2. The second-order valence-electron chi connectivity index (χ2n) is 14.3. The van der Waals surface area contributed by atoms with Crippen LogP contribution in [0.5, 0.6) is 11.8 Å². The number of aromatic nitrogens is 2. The lowest BCUT2D eigenvalue weighted by Gasteiger charge is -2.40. The SMILES string of the molecule is C=CCN1CCCC[C@@H]1[C@@H](Oc1nnc(O[C@@H](c2cccc3ccccc23)[C@H]2CCCCN2CC=C)c2ccccc12)c1cccc2ccccc12. The average molecular weight is 689 g/mol. The first kappa shape index (κ1) is 34.1. The number of rotatable bonds is 12. The molecular weight excluding hydrogens is 641 g/mol. The van der Waals surface area contributed by atoms with E-state index in [2.05, 4.69) is 120 Å². The Kier molecular flexibility index (Phi) is 10.3. The third-order valence-corrected chi connectivity index (χ3v) is 11.1. The number of nitrogens with zero attached hydrogens (tertiary/aromatic N) is 4. The summed E-state index contributed by atoms with van der Waals surface area (Å²) in [4.78, 5) is 5.04. The minimum atomic E-state index is -0.256. The van der Waals surface area contributed by atoms with Crippen molar-refractivity contribution < 1.29 is 9.47 Å². The maximum Gasteiger partial charge on any atom is 0.242 e. The van der Waals surface area contributed by atoms with Crippen LogP contribution in [0.15, 0.2) is 135 Å². The van der Waals surface area contributed by atoms with E-state index in [4.69, 9.17) is 19.7 Å². The molecule has 2 saturated heterocycles. The number of likely N-dealkylation sites (tertiary alicyclic amines) is 2. The van der Waals surface area contributed by atoms with Crippen molar-refractivity contribution in [3.05, 3.63) is 146 Å². The average Bonchev–Trinajstić information content (AvgIpc) is 3.20. The topological polar surface area (TPSA) is 50.7 Å². The van der Waals surface area contributed by atoms with Crippen molar-refractivity contribution in [2.24, 2.45) is 0 Å². The molecule has 0 saturated carbocycles. The highest BCUT2D eigenvalue weighted by Crippen LogP contribution is 2.41. The largest absolute Gasteiger partial charge is 0.466 e.